The highest BCUT2D eigenvalue weighted by Crippen LogP contribution is 2.29. The number of hydrogen-bond donors (Lipinski definition) is 1. The Bertz CT molecular complexity index is 313. The molecule has 0 spiro atoms. The number of hydrogen-bond acceptors (Lipinski definition) is 2. The predicted octanol–water partition coefficient (Wildman–Crippen LogP) is 2.49. The van der Waals surface area contributed by atoms with Gasteiger partial charge in [-0.1, -0.05) is 0 Å². The van der Waals surface area contributed by atoms with Crippen molar-refractivity contribution in [3.63, 3.8) is 0 Å². The quantitative estimate of drug-likeness (QED) is 0.850. The molecule has 1 unspecified atom stereocenters. The zero-order valence-corrected chi connectivity index (χ0v) is 9.50. The van der Waals surface area contributed by atoms with Crippen molar-refractivity contribution in [3.8, 4) is 5.75 Å². The van der Waals surface area contributed by atoms with E-state index in [9.17, 15) is 9.50 Å². The zero-order chi connectivity index (χ0) is 10.0. The molecule has 4 heteroatoms. The highest BCUT2D eigenvalue weighted by atomic mass is 127. The van der Waals surface area contributed by atoms with Crippen LogP contribution < -0.4 is 4.74 Å². The maximum atomic E-state index is 13.5. The Balaban J connectivity index is 3.30. The molecule has 0 fully saturated rings. The summed E-state index contributed by atoms with van der Waals surface area (Å²) in [6.45, 7) is 1.53. The first-order chi connectivity index (χ1) is 6.07. The maximum absolute atomic E-state index is 13.5. The summed E-state index contributed by atoms with van der Waals surface area (Å²) in [5.74, 6) is -0.319. The van der Waals surface area contributed by atoms with Crippen LogP contribution in [-0.2, 0) is 0 Å². The highest BCUT2D eigenvalue weighted by molar-refractivity contribution is 14.1. The molecular formula is C9H10FIO2. The summed E-state index contributed by atoms with van der Waals surface area (Å²) in [5, 5.41) is 9.30. The number of benzene rings is 1. The molecule has 1 rings (SSSR count). The summed E-state index contributed by atoms with van der Waals surface area (Å²) in [6.07, 6.45) is -0.818. The normalized spacial score (nSPS) is 12.7. The van der Waals surface area contributed by atoms with Gasteiger partial charge in [0.05, 0.1) is 13.2 Å². The second-order valence-electron chi connectivity index (χ2n) is 2.65. The van der Waals surface area contributed by atoms with Crippen LogP contribution in [0.5, 0.6) is 5.75 Å². The van der Waals surface area contributed by atoms with Crippen molar-refractivity contribution in [2.24, 2.45) is 0 Å². The van der Waals surface area contributed by atoms with Crippen LogP contribution in [0.2, 0.25) is 0 Å². The molecule has 0 aliphatic rings. The minimum Gasteiger partial charge on any atom is -0.494 e. The van der Waals surface area contributed by atoms with Crippen LogP contribution in [0.25, 0.3) is 0 Å². The molecular weight excluding hydrogens is 286 g/mol. The van der Waals surface area contributed by atoms with Crippen LogP contribution in [0.4, 0.5) is 4.39 Å². The third kappa shape index (κ3) is 2.11. The van der Waals surface area contributed by atoms with Crippen LogP contribution in [0.3, 0.4) is 0 Å². The third-order valence-corrected chi connectivity index (χ3v) is 2.67. The number of rotatable bonds is 2. The zero-order valence-electron chi connectivity index (χ0n) is 7.34. The minimum absolute atomic E-state index is 0.163. The lowest BCUT2D eigenvalue weighted by atomic mass is 10.1. The van der Waals surface area contributed by atoms with Crippen LogP contribution in [0, 0.1) is 9.39 Å². The van der Waals surface area contributed by atoms with E-state index in [2.05, 4.69) is 0 Å². The Morgan fingerprint density at radius 2 is 2.15 bits per heavy atom. The standard InChI is InChI=1S/C9H10FIO2/c1-5(12)8-6(11)3-4-7(13-2)9(8)10/h3-5,12H,1-2H3. The molecule has 1 aromatic carbocycles. The van der Waals surface area contributed by atoms with Gasteiger partial charge in [0.25, 0.3) is 0 Å². The fourth-order valence-corrected chi connectivity index (χ4v) is 1.96. The van der Waals surface area contributed by atoms with E-state index in [0.717, 1.165) is 0 Å². The van der Waals surface area contributed by atoms with Gasteiger partial charge >= 0.3 is 0 Å². The van der Waals surface area contributed by atoms with E-state index in [1.807, 2.05) is 22.6 Å². The summed E-state index contributed by atoms with van der Waals surface area (Å²) >= 11 is 1.98. The first-order valence-electron chi connectivity index (χ1n) is 3.78. The summed E-state index contributed by atoms with van der Waals surface area (Å²) in [4.78, 5) is 0. The fourth-order valence-electron chi connectivity index (χ4n) is 1.09. The van der Waals surface area contributed by atoms with Gasteiger partial charge in [0.1, 0.15) is 0 Å². The molecule has 0 aromatic heterocycles. The number of methoxy groups -OCH3 is 1. The topological polar surface area (TPSA) is 29.5 Å². The van der Waals surface area contributed by atoms with Gasteiger partial charge in [-0.25, -0.2) is 4.39 Å². The van der Waals surface area contributed by atoms with Gasteiger partial charge in [-0.15, -0.1) is 0 Å². The molecule has 0 saturated heterocycles. The Kier molecular flexibility index (Phi) is 3.49. The van der Waals surface area contributed by atoms with E-state index < -0.39 is 11.9 Å². The van der Waals surface area contributed by atoms with E-state index in [1.54, 1.807) is 12.1 Å². The molecule has 2 nitrogen and oxygen atoms in total. The number of halogens is 2. The summed E-state index contributed by atoms with van der Waals surface area (Å²) in [5.41, 5.74) is 0.292. The predicted molar refractivity (Wildman–Crippen MR) is 56.3 cm³/mol. The van der Waals surface area contributed by atoms with Crippen molar-refractivity contribution in [3.05, 3.63) is 27.1 Å². The van der Waals surface area contributed by atoms with Gasteiger partial charge in [-0.2, -0.15) is 0 Å². The lowest BCUT2D eigenvalue weighted by molar-refractivity contribution is 0.191. The van der Waals surface area contributed by atoms with Crippen molar-refractivity contribution in [2.45, 2.75) is 13.0 Å². The van der Waals surface area contributed by atoms with Crippen LogP contribution in [0.1, 0.15) is 18.6 Å². The second kappa shape index (κ2) is 4.23. The summed E-state index contributed by atoms with van der Waals surface area (Å²) in [6, 6.07) is 3.26. The van der Waals surface area contributed by atoms with Crippen molar-refractivity contribution >= 4 is 22.6 Å². The largest absolute Gasteiger partial charge is 0.494 e. The van der Waals surface area contributed by atoms with Crippen molar-refractivity contribution in [2.75, 3.05) is 7.11 Å². The van der Waals surface area contributed by atoms with Crippen LogP contribution >= 0.6 is 22.6 Å². The Labute approximate surface area is 89.9 Å². The SMILES string of the molecule is COc1ccc(I)c(C(C)O)c1F. The Morgan fingerprint density at radius 1 is 1.54 bits per heavy atom. The number of ether oxygens (including phenoxy) is 1. The molecule has 0 amide bonds. The van der Waals surface area contributed by atoms with E-state index in [0.29, 0.717) is 9.13 Å². The number of aliphatic hydroxyl groups is 1. The van der Waals surface area contributed by atoms with E-state index in [-0.39, 0.29) is 5.75 Å². The molecule has 0 heterocycles. The lowest BCUT2D eigenvalue weighted by Crippen LogP contribution is -2.01. The minimum atomic E-state index is -0.818. The average molecular weight is 296 g/mol. The van der Waals surface area contributed by atoms with E-state index >= 15 is 0 Å². The molecule has 0 aliphatic heterocycles. The summed E-state index contributed by atoms with van der Waals surface area (Å²) < 4.78 is 19.0. The van der Waals surface area contributed by atoms with Gasteiger partial charge in [0.2, 0.25) is 0 Å². The first kappa shape index (κ1) is 10.7. The number of aliphatic hydroxyl groups excluding tert-OH is 1. The molecule has 0 saturated carbocycles. The van der Waals surface area contributed by atoms with Crippen molar-refractivity contribution < 1.29 is 14.2 Å². The van der Waals surface area contributed by atoms with Gasteiger partial charge in [0, 0.05) is 9.13 Å². The van der Waals surface area contributed by atoms with Crippen molar-refractivity contribution in [1.29, 1.82) is 0 Å². The molecule has 1 atom stereocenters. The first-order valence-corrected chi connectivity index (χ1v) is 4.85. The summed E-state index contributed by atoms with van der Waals surface area (Å²) in [7, 11) is 1.40. The van der Waals surface area contributed by atoms with Gasteiger partial charge in [0.15, 0.2) is 11.6 Å². The average Bonchev–Trinajstić information content (AvgIpc) is 2.04. The fraction of sp³-hybridized carbons (Fsp3) is 0.333. The lowest BCUT2D eigenvalue weighted by Gasteiger charge is -2.11. The second-order valence-corrected chi connectivity index (χ2v) is 3.82. The molecule has 0 aliphatic carbocycles. The van der Waals surface area contributed by atoms with Gasteiger partial charge < -0.3 is 9.84 Å². The molecule has 0 radical (unpaired) electrons. The van der Waals surface area contributed by atoms with Crippen LogP contribution in [-0.4, -0.2) is 12.2 Å². The smallest absolute Gasteiger partial charge is 0.171 e. The molecule has 72 valence electrons. The monoisotopic (exact) mass is 296 g/mol. The van der Waals surface area contributed by atoms with E-state index in [1.165, 1.54) is 14.0 Å². The van der Waals surface area contributed by atoms with Gasteiger partial charge in [-0.05, 0) is 41.6 Å². The Hall–Kier alpha value is -0.360. The highest BCUT2D eigenvalue weighted by Gasteiger charge is 2.16. The molecule has 1 aromatic rings. The van der Waals surface area contributed by atoms with Crippen molar-refractivity contribution in [1.82, 2.24) is 0 Å². The third-order valence-electron chi connectivity index (χ3n) is 1.73. The maximum Gasteiger partial charge on any atom is 0.171 e. The molecule has 0 bridgehead atoms. The molecule has 1 N–H and O–H groups in total. The van der Waals surface area contributed by atoms with Crippen LogP contribution in [0.15, 0.2) is 12.1 Å². The molecule has 13 heavy (non-hydrogen) atoms. The Morgan fingerprint density at radius 3 is 2.62 bits per heavy atom. The van der Waals surface area contributed by atoms with E-state index in [4.69, 9.17) is 4.74 Å². The van der Waals surface area contributed by atoms with Gasteiger partial charge in [-0.3, -0.25) is 0 Å².